The number of halogens is 1. The third kappa shape index (κ3) is 1.42. The van der Waals surface area contributed by atoms with E-state index in [1.807, 2.05) is 0 Å². The van der Waals surface area contributed by atoms with Crippen molar-refractivity contribution >= 4 is 5.97 Å². The van der Waals surface area contributed by atoms with E-state index in [-0.39, 0.29) is 5.82 Å². The number of carboxylic acid groups (broad SMARTS) is 1. The fraction of sp³-hybridized carbons (Fsp3) is 0.417. The first-order chi connectivity index (χ1) is 7.06. The smallest absolute Gasteiger partial charge is 0.314 e. The van der Waals surface area contributed by atoms with Crippen LogP contribution in [0.3, 0.4) is 0 Å². The molecule has 1 aromatic carbocycles. The second kappa shape index (κ2) is 3.33. The number of carboxylic acids is 1. The topological polar surface area (TPSA) is 37.3 Å². The molecule has 1 aliphatic carbocycles. The van der Waals surface area contributed by atoms with Crippen molar-refractivity contribution in [1.29, 1.82) is 0 Å². The van der Waals surface area contributed by atoms with E-state index < -0.39 is 11.4 Å². The molecular weight excluding hydrogens is 195 g/mol. The molecule has 0 bridgehead atoms. The van der Waals surface area contributed by atoms with Gasteiger partial charge in [-0.1, -0.05) is 18.6 Å². The van der Waals surface area contributed by atoms with Crippen LogP contribution in [-0.4, -0.2) is 11.1 Å². The van der Waals surface area contributed by atoms with Crippen molar-refractivity contribution in [2.45, 2.75) is 31.6 Å². The van der Waals surface area contributed by atoms with Gasteiger partial charge in [0.1, 0.15) is 5.82 Å². The zero-order chi connectivity index (χ0) is 11.1. The summed E-state index contributed by atoms with van der Waals surface area (Å²) in [6.45, 7) is 1.66. The van der Waals surface area contributed by atoms with Gasteiger partial charge in [0.2, 0.25) is 0 Å². The first-order valence-electron chi connectivity index (χ1n) is 5.06. The quantitative estimate of drug-likeness (QED) is 0.811. The molecule has 0 radical (unpaired) electrons. The second-order valence-electron chi connectivity index (χ2n) is 4.20. The lowest BCUT2D eigenvalue weighted by atomic mass is 9.64. The van der Waals surface area contributed by atoms with Gasteiger partial charge in [-0.05, 0) is 37.0 Å². The number of aliphatic carboxylic acids is 1. The summed E-state index contributed by atoms with van der Waals surface area (Å²) in [6, 6.07) is 4.60. The van der Waals surface area contributed by atoms with E-state index in [9.17, 15) is 14.3 Å². The van der Waals surface area contributed by atoms with E-state index in [2.05, 4.69) is 0 Å². The highest BCUT2D eigenvalue weighted by atomic mass is 19.1. The van der Waals surface area contributed by atoms with Crippen LogP contribution in [0.25, 0.3) is 0 Å². The molecule has 0 heterocycles. The number of aryl methyl sites for hydroxylation is 1. The molecule has 0 spiro atoms. The lowest BCUT2D eigenvalue weighted by Gasteiger charge is -2.38. The van der Waals surface area contributed by atoms with E-state index >= 15 is 0 Å². The van der Waals surface area contributed by atoms with Crippen LogP contribution < -0.4 is 0 Å². The number of carbonyl (C=O) groups is 1. The van der Waals surface area contributed by atoms with Crippen molar-refractivity contribution in [2.75, 3.05) is 0 Å². The summed E-state index contributed by atoms with van der Waals surface area (Å²) >= 11 is 0. The summed E-state index contributed by atoms with van der Waals surface area (Å²) in [7, 11) is 0. The van der Waals surface area contributed by atoms with Crippen molar-refractivity contribution in [1.82, 2.24) is 0 Å². The first-order valence-corrected chi connectivity index (χ1v) is 5.06. The molecule has 1 fully saturated rings. The fourth-order valence-corrected chi connectivity index (χ4v) is 2.10. The maximum absolute atomic E-state index is 13.1. The molecule has 0 aliphatic heterocycles. The minimum Gasteiger partial charge on any atom is -0.481 e. The van der Waals surface area contributed by atoms with Crippen LogP contribution in [0, 0.1) is 12.7 Å². The number of rotatable bonds is 2. The van der Waals surface area contributed by atoms with Crippen LogP contribution in [0.4, 0.5) is 4.39 Å². The SMILES string of the molecule is Cc1cc(C2(C(=O)O)CCC2)ccc1F. The standard InChI is InChI=1S/C12H13FO2/c1-8-7-9(3-4-10(8)13)12(11(14)15)5-2-6-12/h3-4,7H,2,5-6H2,1H3,(H,14,15). The van der Waals surface area contributed by atoms with Gasteiger partial charge in [-0.15, -0.1) is 0 Å². The van der Waals surface area contributed by atoms with Gasteiger partial charge in [-0.2, -0.15) is 0 Å². The minimum atomic E-state index is -0.792. The van der Waals surface area contributed by atoms with Crippen LogP contribution in [0.15, 0.2) is 18.2 Å². The molecule has 80 valence electrons. The van der Waals surface area contributed by atoms with Crippen LogP contribution >= 0.6 is 0 Å². The van der Waals surface area contributed by atoms with E-state index in [0.29, 0.717) is 18.4 Å². The Kier molecular flexibility index (Phi) is 2.25. The summed E-state index contributed by atoms with van der Waals surface area (Å²) < 4.78 is 13.1. The van der Waals surface area contributed by atoms with E-state index in [0.717, 1.165) is 12.0 Å². The maximum atomic E-state index is 13.1. The summed E-state index contributed by atoms with van der Waals surface area (Å²) in [5.41, 5.74) is 0.499. The number of hydrogen-bond acceptors (Lipinski definition) is 1. The third-order valence-corrected chi connectivity index (χ3v) is 3.33. The largest absolute Gasteiger partial charge is 0.481 e. The maximum Gasteiger partial charge on any atom is 0.314 e. The summed E-state index contributed by atoms with van der Waals surface area (Å²) in [5, 5.41) is 9.20. The van der Waals surface area contributed by atoms with E-state index in [4.69, 9.17) is 0 Å². The lowest BCUT2D eigenvalue weighted by Crippen LogP contribution is -2.42. The molecule has 0 saturated heterocycles. The monoisotopic (exact) mass is 208 g/mol. The molecule has 1 saturated carbocycles. The Morgan fingerprint density at radius 2 is 2.13 bits per heavy atom. The van der Waals surface area contributed by atoms with Gasteiger partial charge in [0.15, 0.2) is 0 Å². The zero-order valence-electron chi connectivity index (χ0n) is 8.59. The van der Waals surface area contributed by atoms with E-state index in [1.165, 1.54) is 6.07 Å². The van der Waals surface area contributed by atoms with Gasteiger partial charge in [0.25, 0.3) is 0 Å². The molecule has 0 unspecified atom stereocenters. The van der Waals surface area contributed by atoms with Crippen LogP contribution in [-0.2, 0) is 10.2 Å². The van der Waals surface area contributed by atoms with Crippen LogP contribution in [0.1, 0.15) is 30.4 Å². The van der Waals surface area contributed by atoms with Gasteiger partial charge < -0.3 is 5.11 Å². The van der Waals surface area contributed by atoms with Crippen LogP contribution in [0.5, 0.6) is 0 Å². The Labute approximate surface area is 87.7 Å². The van der Waals surface area contributed by atoms with Gasteiger partial charge in [-0.3, -0.25) is 4.79 Å². The van der Waals surface area contributed by atoms with E-state index in [1.54, 1.807) is 19.1 Å². The zero-order valence-corrected chi connectivity index (χ0v) is 8.59. The highest BCUT2D eigenvalue weighted by molar-refractivity contribution is 5.82. The van der Waals surface area contributed by atoms with Gasteiger partial charge in [-0.25, -0.2) is 4.39 Å². The molecule has 2 nitrogen and oxygen atoms in total. The minimum absolute atomic E-state index is 0.279. The van der Waals surface area contributed by atoms with Crippen molar-refractivity contribution < 1.29 is 14.3 Å². The Bertz CT molecular complexity index is 408. The van der Waals surface area contributed by atoms with Crippen molar-refractivity contribution in [3.05, 3.63) is 35.1 Å². The molecule has 0 atom stereocenters. The van der Waals surface area contributed by atoms with Crippen molar-refractivity contribution in [2.24, 2.45) is 0 Å². The average molecular weight is 208 g/mol. The van der Waals surface area contributed by atoms with Gasteiger partial charge in [0.05, 0.1) is 5.41 Å². The Hall–Kier alpha value is -1.38. The molecule has 0 amide bonds. The Morgan fingerprint density at radius 1 is 1.47 bits per heavy atom. The van der Waals surface area contributed by atoms with Crippen LogP contribution in [0.2, 0.25) is 0 Å². The normalized spacial score (nSPS) is 18.3. The van der Waals surface area contributed by atoms with Gasteiger partial charge >= 0.3 is 5.97 Å². The van der Waals surface area contributed by atoms with Crippen molar-refractivity contribution in [3.63, 3.8) is 0 Å². The molecule has 2 rings (SSSR count). The molecule has 15 heavy (non-hydrogen) atoms. The average Bonchev–Trinajstić information content (AvgIpc) is 2.08. The fourth-order valence-electron chi connectivity index (χ4n) is 2.10. The molecule has 1 aromatic rings. The molecule has 0 aromatic heterocycles. The first kappa shape index (κ1) is 10.1. The molecule has 1 aliphatic rings. The second-order valence-corrected chi connectivity index (χ2v) is 4.20. The predicted octanol–water partition coefficient (Wildman–Crippen LogP) is 2.64. The third-order valence-electron chi connectivity index (χ3n) is 3.33. The Morgan fingerprint density at radius 3 is 2.53 bits per heavy atom. The lowest BCUT2D eigenvalue weighted by molar-refractivity contribution is -0.147. The predicted molar refractivity (Wildman–Crippen MR) is 54.3 cm³/mol. The number of benzene rings is 1. The Balaban J connectivity index is 2.44. The highest BCUT2D eigenvalue weighted by Gasteiger charge is 2.45. The molecule has 3 heteroatoms. The summed E-state index contributed by atoms with van der Waals surface area (Å²) in [6.07, 6.45) is 2.25. The summed E-state index contributed by atoms with van der Waals surface area (Å²) in [5.74, 6) is -1.07. The van der Waals surface area contributed by atoms with Crippen molar-refractivity contribution in [3.8, 4) is 0 Å². The number of hydrogen-bond donors (Lipinski definition) is 1. The summed E-state index contributed by atoms with van der Waals surface area (Å²) in [4.78, 5) is 11.2. The molecule has 1 N–H and O–H groups in total. The van der Waals surface area contributed by atoms with Gasteiger partial charge in [0, 0.05) is 0 Å². The molecular formula is C12H13FO2. The highest BCUT2D eigenvalue weighted by Crippen LogP contribution is 2.44.